The van der Waals surface area contributed by atoms with Crippen LogP contribution in [0.4, 0.5) is 48.3 Å². The molecule has 0 heterocycles. The maximum atomic E-state index is 15.0. The second-order valence-corrected chi connectivity index (χ2v) is 7.98. The molecule has 1 fully saturated rings. The highest BCUT2D eigenvalue weighted by Crippen LogP contribution is 2.71. The molecule has 0 amide bonds. The van der Waals surface area contributed by atoms with Gasteiger partial charge in [-0.15, -0.1) is 0 Å². The fraction of sp³-hybridized carbons (Fsp3) is 0.684. The summed E-state index contributed by atoms with van der Waals surface area (Å²) in [4.78, 5) is 0. The van der Waals surface area contributed by atoms with Gasteiger partial charge in [0.25, 0.3) is 5.67 Å². The molecule has 0 spiro atoms. The van der Waals surface area contributed by atoms with Gasteiger partial charge in [0, 0.05) is 6.42 Å². The van der Waals surface area contributed by atoms with Gasteiger partial charge in [-0.2, -0.15) is 43.9 Å². The second kappa shape index (κ2) is 7.36. The molecule has 2 atom stereocenters. The minimum Gasteiger partial charge on any atom is -0.491 e. The van der Waals surface area contributed by atoms with E-state index in [1.807, 2.05) is 0 Å². The summed E-state index contributed by atoms with van der Waals surface area (Å²) in [5.41, 5.74) is -10.1. The Morgan fingerprint density at radius 3 is 1.53 bits per heavy atom. The van der Waals surface area contributed by atoms with Crippen molar-refractivity contribution < 1.29 is 58.1 Å². The Morgan fingerprint density at radius 2 is 1.16 bits per heavy atom. The molecule has 0 radical (unpaired) electrons. The van der Waals surface area contributed by atoms with Crippen LogP contribution in [0.1, 0.15) is 39.2 Å². The Bertz CT molecular complexity index is 804. The summed E-state index contributed by atoms with van der Waals surface area (Å²) in [5.74, 6) is -35.5. The first-order valence-corrected chi connectivity index (χ1v) is 9.21. The van der Waals surface area contributed by atoms with Crippen LogP contribution in [0, 0.1) is 0 Å². The summed E-state index contributed by atoms with van der Waals surface area (Å²) in [6.07, 6.45) is -2.50. The van der Waals surface area contributed by atoms with Crippen molar-refractivity contribution in [2.24, 2.45) is 0 Å². The molecule has 0 aromatic heterocycles. The van der Waals surface area contributed by atoms with E-state index >= 15 is 0 Å². The van der Waals surface area contributed by atoms with Crippen LogP contribution in [-0.4, -0.2) is 46.5 Å². The van der Waals surface area contributed by atoms with Crippen LogP contribution in [0.25, 0.3) is 0 Å². The van der Waals surface area contributed by atoms with Crippen molar-refractivity contribution in [1.29, 1.82) is 0 Å². The second-order valence-electron chi connectivity index (χ2n) is 7.98. The van der Waals surface area contributed by atoms with Crippen molar-refractivity contribution in [3.05, 3.63) is 29.8 Å². The summed E-state index contributed by atoms with van der Waals surface area (Å²) in [6.45, 7) is 3.85. The fourth-order valence-corrected chi connectivity index (χ4v) is 3.29. The number of benzene rings is 1. The molecular formula is C19H19F11O2. The van der Waals surface area contributed by atoms with Crippen molar-refractivity contribution >= 4 is 0 Å². The normalized spacial score (nSPS) is 27.2. The number of halogens is 11. The first-order chi connectivity index (χ1) is 14.1. The molecule has 2 unspecified atom stereocenters. The van der Waals surface area contributed by atoms with Crippen molar-refractivity contribution in [3.8, 4) is 5.75 Å². The van der Waals surface area contributed by atoms with Gasteiger partial charge < -0.3 is 9.84 Å². The van der Waals surface area contributed by atoms with Crippen LogP contribution < -0.4 is 4.74 Å². The third-order valence-electron chi connectivity index (χ3n) is 5.55. The van der Waals surface area contributed by atoms with Gasteiger partial charge in [0.05, 0.1) is 11.7 Å². The maximum absolute atomic E-state index is 15.0. The molecule has 184 valence electrons. The molecule has 1 aromatic rings. The zero-order valence-corrected chi connectivity index (χ0v) is 16.8. The van der Waals surface area contributed by atoms with Gasteiger partial charge in [-0.3, -0.25) is 0 Å². The Morgan fingerprint density at radius 1 is 0.781 bits per heavy atom. The molecule has 0 bridgehead atoms. The monoisotopic (exact) mass is 488 g/mol. The highest BCUT2D eigenvalue weighted by molar-refractivity contribution is 5.33. The lowest BCUT2D eigenvalue weighted by atomic mass is 9.67. The summed E-state index contributed by atoms with van der Waals surface area (Å²) in [5, 5.41) is 10.3. The van der Waals surface area contributed by atoms with E-state index in [0.29, 0.717) is 13.3 Å². The van der Waals surface area contributed by atoms with Crippen LogP contribution in [0.15, 0.2) is 24.3 Å². The van der Waals surface area contributed by atoms with Crippen LogP contribution in [-0.2, 0) is 5.60 Å². The van der Waals surface area contributed by atoms with Gasteiger partial charge in [-0.05, 0) is 38.0 Å². The highest BCUT2D eigenvalue weighted by atomic mass is 19.4. The van der Waals surface area contributed by atoms with E-state index in [1.54, 1.807) is 13.8 Å². The molecule has 1 N–H and O–H groups in total. The summed E-state index contributed by atoms with van der Waals surface area (Å²) in [6, 6.07) is 3.92. The molecule has 1 aliphatic rings. The van der Waals surface area contributed by atoms with Gasteiger partial charge in [0.15, 0.2) is 0 Å². The van der Waals surface area contributed by atoms with E-state index in [4.69, 9.17) is 4.74 Å². The van der Waals surface area contributed by atoms with Gasteiger partial charge in [-0.25, -0.2) is 4.39 Å². The molecule has 1 saturated carbocycles. The zero-order chi connectivity index (χ0) is 25.2. The van der Waals surface area contributed by atoms with E-state index in [9.17, 15) is 53.4 Å². The predicted molar refractivity (Wildman–Crippen MR) is 89.6 cm³/mol. The average molecular weight is 488 g/mol. The van der Waals surface area contributed by atoms with Crippen LogP contribution in [0.5, 0.6) is 5.75 Å². The molecule has 1 aliphatic carbocycles. The van der Waals surface area contributed by atoms with Crippen molar-refractivity contribution in [2.75, 3.05) is 0 Å². The van der Waals surface area contributed by atoms with Crippen LogP contribution in [0.3, 0.4) is 0 Å². The highest BCUT2D eigenvalue weighted by Gasteiger charge is 3.01. The zero-order valence-electron chi connectivity index (χ0n) is 16.8. The van der Waals surface area contributed by atoms with E-state index in [1.165, 1.54) is 0 Å². The van der Waals surface area contributed by atoms with Gasteiger partial charge in [-0.1, -0.05) is 19.1 Å². The van der Waals surface area contributed by atoms with Crippen molar-refractivity contribution in [3.63, 3.8) is 0 Å². The molecule has 2 nitrogen and oxygen atoms in total. The number of hydrogen-bond donors (Lipinski definition) is 1. The SMILES string of the molecule is CCC(C)Oc1ccc(C(C)(O)CC2(F)C(F)(F)C(F)(F)C(F)(F)C(F)(F)C2(F)F)cc1. The smallest absolute Gasteiger partial charge is 0.384 e. The fourth-order valence-electron chi connectivity index (χ4n) is 3.29. The Labute approximate surface area is 175 Å². The quantitative estimate of drug-likeness (QED) is 0.473. The molecule has 32 heavy (non-hydrogen) atoms. The van der Waals surface area contributed by atoms with Crippen molar-refractivity contribution in [1.82, 2.24) is 0 Å². The largest absolute Gasteiger partial charge is 0.491 e. The Kier molecular flexibility index (Phi) is 6.08. The minimum atomic E-state index is -7.29. The number of rotatable bonds is 6. The first-order valence-electron chi connectivity index (χ1n) is 9.21. The molecule has 2 rings (SSSR count). The Hall–Kier alpha value is -1.79. The van der Waals surface area contributed by atoms with E-state index in [0.717, 1.165) is 24.3 Å². The van der Waals surface area contributed by atoms with Gasteiger partial charge >= 0.3 is 29.6 Å². The topological polar surface area (TPSA) is 29.5 Å². The van der Waals surface area contributed by atoms with E-state index in [-0.39, 0.29) is 11.9 Å². The average Bonchev–Trinajstić information content (AvgIpc) is 2.66. The van der Waals surface area contributed by atoms with Gasteiger partial charge in [0.1, 0.15) is 5.75 Å². The number of hydrogen-bond acceptors (Lipinski definition) is 2. The summed E-state index contributed by atoms with van der Waals surface area (Å²) in [7, 11) is 0. The number of ether oxygens (including phenoxy) is 1. The molecular weight excluding hydrogens is 469 g/mol. The van der Waals surface area contributed by atoms with Gasteiger partial charge in [0.2, 0.25) is 0 Å². The lowest BCUT2D eigenvalue weighted by molar-refractivity contribution is -0.488. The van der Waals surface area contributed by atoms with Crippen molar-refractivity contribution in [2.45, 2.75) is 80.6 Å². The predicted octanol–water partition coefficient (Wildman–Crippen LogP) is 6.36. The standard InChI is InChI=1S/C19H19F11O2/c1-4-10(2)32-12-7-5-11(6-8-12)13(3,31)9-14(20)15(21,22)17(25,26)19(29,30)18(27,28)16(14,23)24/h5-8,10,31H,4,9H2,1-3H3. The first kappa shape index (κ1) is 26.5. The number of aliphatic hydroxyl groups is 1. The lowest BCUT2D eigenvalue weighted by Crippen LogP contribution is -2.84. The molecule has 1 aromatic carbocycles. The van der Waals surface area contributed by atoms with E-state index in [2.05, 4.69) is 0 Å². The molecule has 13 heteroatoms. The maximum Gasteiger partial charge on any atom is 0.384 e. The van der Waals surface area contributed by atoms with Crippen LogP contribution >= 0.6 is 0 Å². The molecule has 0 saturated heterocycles. The van der Waals surface area contributed by atoms with E-state index < -0.39 is 52.9 Å². The molecule has 0 aliphatic heterocycles. The third-order valence-corrected chi connectivity index (χ3v) is 5.55. The number of alkyl halides is 11. The summed E-state index contributed by atoms with van der Waals surface area (Å²) >= 11 is 0. The minimum absolute atomic E-state index is 0.139. The lowest BCUT2D eigenvalue weighted by Gasteiger charge is -2.53. The Balaban J connectivity index is 2.55. The third kappa shape index (κ3) is 3.25. The van der Waals surface area contributed by atoms with Crippen LogP contribution in [0.2, 0.25) is 0 Å². The summed E-state index contributed by atoms with van der Waals surface area (Å²) < 4.78 is 158.